The molecule has 0 unspecified atom stereocenters. The summed E-state index contributed by atoms with van der Waals surface area (Å²) in [5.74, 6) is -0.763. The van der Waals surface area contributed by atoms with Crippen molar-refractivity contribution >= 4 is 11.8 Å². The lowest BCUT2D eigenvalue weighted by atomic mass is 9.95. The van der Waals surface area contributed by atoms with E-state index < -0.39 is 0 Å². The van der Waals surface area contributed by atoms with E-state index in [-0.39, 0.29) is 42.3 Å². The molecular formula is C19H23FN4O2. The van der Waals surface area contributed by atoms with Gasteiger partial charge < -0.3 is 10.6 Å². The van der Waals surface area contributed by atoms with Gasteiger partial charge in [-0.2, -0.15) is 5.10 Å². The Morgan fingerprint density at radius 3 is 2.77 bits per heavy atom. The smallest absolute Gasteiger partial charge is 0.271 e. The zero-order valence-electron chi connectivity index (χ0n) is 14.6. The summed E-state index contributed by atoms with van der Waals surface area (Å²) in [5.41, 5.74) is 0.762. The molecular weight excluding hydrogens is 335 g/mol. The second-order valence-electron chi connectivity index (χ2n) is 6.53. The number of nitrogens with zero attached hydrogens (tertiary/aromatic N) is 2. The SMILES string of the molecule is O=C(CCNC(=O)c1ccn(-c2cccc(F)c2)n1)NC1CCCCC1. The first-order valence-electron chi connectivity index (χ1n) is 9.01. The topological polar surface area (TPSA) is 76.0 Å². The van der Waals surface area contributed by atoms with Crippen molar-refractivity contribution in [2.45, 2.75) is 44.6 Å². The Bertz CT molecular complexity index is 768. The summed E-state index contributed by atoms with van der Waals surface area (Å²) in [6.07, 6.45) is 7.48. The molecule has 7 heteroatoms. The van der Waals surface area contributed by atoms with Gasteiger partial charge in [0.1, 0.15) is 5.82 Å². The van der Waals surface area contributed by atoms with Crippen LogP contribution in [0.5, 0.6) is 0 Å². The van der Waals surface area contributed by atoms with E-state index in [1.54, 1.807) is 24.4 Å². The van der Waals surface area contributed by atoms with Crippen molar-refractivity contribution in [2.75, 3.05) is 6.54 Å². The number of carbonyl (C=O) groups is 2. The highest BCUT2D eigenvalue weighted by Gasteiger charge is 2.16. The van der Waals surface area contributed by atoms with Gasteiger partial charge in [-0.15, -0.1) is 0 Å². The molecule has 0 atom stereocenters. The molecule has 26 heavy (non-hydrogen) atoms. The van der Waals surface area contributed by atoms with Gasteiger partial charge in [0.15, 0.2) is 5.69 Å². The highest BCUT2D eigenvalue weighted by molar-refractivity contribution is 5.92. The first-order valence-corrected chi connectivity index (χ1v) is 9.01. The van der Waals surface area contributed by atoms with E-state index in [2.05, 4.69) is 15.7 Å². The number of halogens is 1. The quantitative estimate of drug-likeness (QED) is 0.833. The summed E-state index contributed by atoms with van der Waals surface area (Å²) in [6, 6.07) is 7.80. The van der Waals surface area contributed by atoms with Gasteiger partial charge in [-0.25, -0.2) is 9.07 Å². The monoisotopic (exact) mass is 358 g/mol. The fourth-order valence-electron chi connectivity index (χ4n) is 3.13. The molecule has 0 aliphatic heterocycles. The Kier molecular flexibility index (Phi) is 5.99. The van der Waals surface area contributed by atoms with Gasteiger partial charge in [0.05, 0.1) is 5.69 Å². The van der Waals surface area contributed by atoms with Crippen molar-refractivity contribution in [1.29, 1.82) is 0 Å². The number of hydrogen-bond acceptors (Lipinski definition) is 3. The van der Waals surface area contributed by atoms with Gasteiger partial charge in [-0.05, 0) is 37.1 Å². The van der Waals surface area contributed by atoms with Gasteiger partial charge in [-0.1, -0.05) is 25.3 Å². The maximum Gasteiger partial charge on any atom is 0.271 e. The second kappa shape index (κ2) is 8.60. The summed E-state index contributed by atoms with van der Waals surface area (Å²) in [6.45, 7) is 0.254. The molecule has 3 rings (SSSR count). The molecule has 0 spiro atoms. The lowest BCUT2D eigenvalue weighted by molar-refractivity contribution is -0.121. The molecule has 1 aliphatic carbocycles. The maximum atomic E-state index is 13.3. The van der Waals surface area contributed by atoms with E-state index in [1.807, 2.05) is 0 Å². The lowest BCUT2D eigenvalue weighted by Crippen LogP contribution is -2.38. The molecule has 1 fully saturated rings. The number of benzene rings is 1. The van der Waals surface area contributed by atoms with Gasteiger partial charge in [-0.3, -0.25) is 9.59 Å². The third-order valence-corrected chi connectivity index (χ3v) is 4.50. The molecule has 0 bridgehead atoms. The van der Waals surface area contributed by atoms with E-state index in [0.29, 0.717) is 5.69 Å². The fraction of sp³-hybridized carbons (Fsp3) is 0.421. The van der Waals surface area contributed by atoms with E-state index in [4.69, 9.17) is 0 Å². The highest BCUT2D eigenvalue weighted by atomic mass is 19.1. The Morgan fingerprint density at radius 1 is 1.19 bits per heavy atom. The van der Waals surface area contributed by atoms with Crippen LogP contribution >= 0.6 is 0 Å². The van der Waals surface area contributed by atoms with Gasteiger partial charge >= 0.3 is 0 Å². The second-order valence-corrected chi connectivity index (χ2v) is 6.53. The minimum Gasteiger partial charge on any atom is -0.353 e. The summed E-state index contributed by atoms with van der Waals surface area (Å²) < 4.78 is 14.7. The van der Waals surface area contributed by atoms with Crippen molar-refractivity contribution in [2.24, 2.45) is 0 Å². The third-order valence-electron chi connectivity index (χ3n) is 4.50. The largest absolute Gasteiger partial charge is 0.353 e. The summed E-state index contributed by atoms with van der Waals surface area (Å²) in [4.78, 5) is 24.1. The normalized spacial score (nSPS) is 14.8. The van der Waals surface area contributed by atoms with Crippen LogP contribution in [0, 0.1) is 5.82 Å². The van der Waals surface area contributed by atoms with Gasteiger partial charge in [0.2, 0.25) is 5.91 Å². The maximum absolute atomic E-state index is 13.3. The van der Waals surface area contributed by atoms with Crippen LogP contribution in [0.1, 0.15) is 49.0 Å². The molecule has 1 saturated carbocycles. The molecule has 0 saturated heterocycles. The van der Waals surface area contributed by atoms with E-state index in [9.17, 15) is 14.0 Å². The van der Waals surface area contributed by atoms with Crippen LogP contribution in [0.3, 0.4) is 0 Å². The third kappa shape index (κ3) is 4.91. The molecule has 0 radical (unpaired) electrons. The van der Waals surface area contributed by atoms with Crippen LogP contribution in [0.4, 0.5) is 4.39 Å². The van der Waals surface area contributed by atoms with Crippen LogP contribution in [0.15, 0.2) is 36.5 Å². The molecule has 2 aromatic rings. The molecule has 6 nitrogen and oxygen atoms in total. The first-order chi connectivity index (χ1) is 12.6. The molecule has 1 aromatic heterocycles. The average Bonchev–Trinajstić information content (AvgIpc) is 3.13. The standard InChI is InChI=1S/C19H23FN4O2/c20-14-5-4-8-16(13-14)24-12-10-17(23-24)19(26)21-11-9-18(25)22-15-6-2-1-3-7-15/h4-5,8,10,12-13,15H,1-3,6-7,9,11H2,(H,21,26)(H,22,25). The van der Waals surface area contributed by atoms with Gasteiger partial charge in [0.25, 0.3) is 5.91 Å². The Morgan fingerprint density at radius 2 is 2.00 bits per heavy atom. The Hall–Kier alpha value is -2.70. The minimum atomic E-state index is -0.368. The van der Waals surface area contributed by atoms with Crippen LogP contribution in [-0.2, 0) is 4.79 Å². The van der Waals surface area contributed by atoms with Crippen LogP contribution in [0.2, 0.25) is 0 Å². The highest BCUT2D eigenvalue weighted by Crippen LogP contribution is 2.17. The molecule has 2 N–H and O–H groups in total. The molecule has 1 aliphatic rings. The van der Waals surface area contributed by atoms with Crippen molar-refractivity contribution in [3.8, 4) is 5.69 Å². The molecule has 1 heterocycles. The van der Waals surface area contributed by atoms with Gasteiger partial charge in [0, 0.05) is 25.2 Å². The average molecular weight is 358 g/mol. The minimum absolute atomic E-state index is 0.0394. The summed E-state index contributed by atoms with van der Waals surface area (Å²) in [5, 5.41) is 9.86. The fourth-order valence-corrected chi connectivity index (χ4v) is 3.13. The molecule has 138 valence electrons. The van der Waals surface area contributed by atoms with Crippen molar-refractivity contribution in [3.05, 3.63) is 48.0 Å². The zero-order valence-corrected chi connectivity index (χ0v) is 14.6. The van der Waals surface area contributed by atoms with Crippen LogP contribution < -0.4 is 10.6 Å². The summed E-state index contributed by atoms with van der Waals surface area (Å²) >= 11 is 0. The van der Waals surface area contributed by atoms with Crippen molar-refractivity contribution < 1.29 is 14.0 Å². The molecule has 2 amide bonds. The van der Waals surface area contributed by atoms with E-state index in [1.165, 1.54) is 23.2 Å². The number of amides is 2. The predicted molar refractivity (Wildman–Crippen MR) is 95.5 cm³/mol. The number of rotatable bonds is 6. The van der Waals surface area contributed by atoms with Crippen molar-refractivity contribution in [3.63, 3.8) is 0 Å². The Balaban J connectivity index is 1.45. The summed E-state index contributed by atoms with van der Waals surface area (Å²) in [7, 11) is 0. The first kappa shape index (κ1) is 18.1. The Labute approximate surface area is 151 Å². The predicted octanol–water partition coefficient (Wildman–Crippen LogP) is 2.58. The number of nitrogens with one attached hydrogen (secondary N) is 2. The number of hydrogen-bond donors (Lipinski definition) is 2. The lowest BCUT2D eigenvalue weighted by Gasteiger charge is -2.22. The van der Waals surface area contributed by atoms with E-state index >= 15 is 0 Å². The number of carbonyl (C=O) groups excluding carboxylic acids is 2. The van der Waals surface area contributed by atoms with Crippen LogP contribution in [-0.4, -0.2) is 34.2 Å². The molecule has 1 aromatic carbocycles. The number of aromatic nitrogens is 2. The zero-order chi connectivity index (χ0) is 18.4. The van der Waals surface area contributed by atoms with Crippen LogP contribution in [0.25, 0.3) is 5.69 Å². The van der Waals surface area contributed by atoms with Crippen molar-refractivity contribution in [1.82, 2.24) is 20.4 Å². The van der Waals surface area contributed by atoms with E-state index in [0.717, 1.165) is 25.7 Å².